The highest BCUT2D eigenvalue weighted by Crippen LogP contribution is 2.29. The largest absolute Gasteiger partial charge is 0.478 e. The summed E-state index contributed by atoms with van der Waals surface area (Å²) in [6.45, 7) is 5.59. The van der Waals surface area contributed by atoms with Crippen LogP contribution in [0, 0.1) is 0 Å². The van der Waals surface area contributed by atoms with Gasteiger partial charge in [-0.2, -0.15) is 0 Å². The standard InChI is InChI=1S/C22H26N4O5S/c27-20(26-9-11-31-12-10-26)15-24-5-7-25(8-6-24)18-4-3-16(22(29)30)14-17(18)23-21(28)19-2-1-13-32-19/h1-4,13-14H,5-12,15H2,(H,23,28)(H,29,30). The number of hydrogen-bond donors (Lipinski definition) is 2. The molecule has 0 spiro atoms. The number of carbonyl (C=O) groups is 3. The van der Waals surface area contributed by atoms with Crippen LogP contribution in [0.15, 0.2) is 35.7 Å². The average molecular weight is 459 g/mol. The lowest BCUT2D eigenvalue weighted by Gasteiger charge is -2.37. The Morgan fingerprint density at radius 2 is 1.78 bits per heavy atom. The van der Waals surface area contributed by atoms with Crippen LogP contribution in [0.25, 0.3) is 0 Å². The van der Waals surface area contributed by atoms with Crippen LogP contribution in [0.5, 0.6) is 0 Å². The van der Waals surface area contributed by atoms with Gasteiger partial charge in [-0.1, -0.05) is 6.07 Å². The molecule has 2 aliphatic rings. The number of nitrogens with zero attached hydrogens (tertiary/aromatic N) is 3. The number of rotatable bonds is 6. The second kappa shape index (κ2) is 10.1. The first-order valence-corrected chi connectivity index (χ1v) is 11.4. The predicted molar refractivity (Wildman–Crippen MR) is 122 cm³/mol. The van der Waals surface area contributed by atoms with Gasteiger partial charge in [-0.05, 0) is 29.6 Å². The van der Waals surface area contributed by atoms with E-state index in [0.29, 0.717) is 69.6 Å². The molecule has 2 saturated heterocycles. The van der Waals surface area contributed by atoms with Gasteiger partial charge in [0.05, 0.1) is 41.6 Å². The van der Waals surface area contributed by atoms with E-state index in [9.17, 15) is 19.5 Å². The van der Waals surface area contributed by atoms with Crippen LogP contribution < -0.4 is 10.2 Å². The molecule has 2 N–H and O–H groups in total. The first kappa shape index (κ1) is 22.3. The molecule has 2 amide bonds. The van der Waals surface area contributed by atoms with Crippen molar-refractivity contribution in [1.29, 1.82) is 0 Å². The molecular weight excluding hydrogens is 432 g/mol. The Bertz CT molecular complexity index is 967. The summed E-state index contributed by atoms with van der Waals surface area (Å²) in [6, 6.07) is 8.31. The number of benzene rings is 1. The van der Waals surface area contributed by atoms with E-state index < -0.39 is 5.97 Å². The number of carboxylic acids is 1. The quantitative estimate of drug-likeness (QED) is 0.679. The highest BCUT2D eigenvalue weighted by molar-refractivity contribution is 7.12. The van der Waals surface area contributed by atoms with Crippen molar-refractivity contribution in [2.75, 3.05) is 69.2 Å². The molecule has 1 aromatic carbocycles. The number of carboxylic acid groups (broad SMARTS) is 1. The SMILES string of the molecule is O=C(O)c1ccc(N2CCN(CC(=O)N3CCOCC3)CC2)c(NC(=O)c2cccs2)c1. The first-order chi connectivity index (χ1) is 15.5. The van der Waals surface area contributed by atoms with Crippen molar-refractivity contribution in [3.05, 3.63) is 46.2 Å². The molecule has 0 bridgehead atoms. The highest BCUT2D eigenvalue weighted by Gasteiger charge is 2.25. The number of hydrogen-bond acceptors (Lipinski definition) is 7. The Balaban J connectivity index is 1.42. The fourth-order valence-corrected chi connectivity index (χ4v) is 4.51. The Kier molecular flexibility index (Phi) is 7.03. The molecule has 0 aliphatic carbocycles. The van der Waals surface area contributed by atoms with Crippen LogP contribution in [0.4, 0.5) is 11.4 Å². The number of thiophene rings is 1. The Morgan fingerprint density at radius 1 is 1.03 bits per heavy atom. The molecule has 1 aromatic heterocycles. The third-order valence-electron chi connectivity index (χ3n) is 5.67. The molecule has 9 nitrogen and oxygen atoms in total. The molecule has 0 atom stereocenters. The second-order valence-electron chi connectivity index (χ2n) is 7.72. The fraction of sp³-hybridized carbons (Fsp3) is 0.409. The summed E-state index contributed by atoms with van der Waals surface area (Å²) in [5.74, 6) is -1.19. The maximum Gasteiger partial charge on any atom is 0.335 e. The van der Waals surface area contributed by atoms with Gasteiger partial charge >= 0.3 is 5.97 Å². The maximum atomic E-state index is 12.6. The first-order valence-electron chi connectivity index (χ1n) is 10.6. The lowest BCUT2D eigenvalue weighted by molar-refractivity contribution is -0.136. The van der Waals surface area contributed by atoms with E-state index in [4.69, 9.17) is 4.74 Å². The van der Waals surface area contributed by atoms with E-state index in [-0.39, 0.29) is 17.4 Å². The molecule has 2 aromatic rings. The van der Waals surface area contributed by atoms with Crippen LogP contribution >= 0.6 is 11.3 Å². The van der Waals surface area contributed by atoms with E-state index in [1.54, 1.807) is 24.3 Å². The molecule has 3 heterocycles. The average Bonchev–Trinajstić information content (AvgIpc) is 3.35. The molecule has 2 aliphatic heterocycles. The van der Waals surface area contributed by atoms with Gasteiger partial charge in [0.15, 0.2) is 0 Å². The van der Waals surface area contributed by atoms with Gasteiger partial charge in [-0.3, -0.25) is 14.5 Å². The van der Waals surface area contributed by atoms with Crippen molar-refractivity contribution in [3.63, 3.8) is 0 Å². The van der Waals surface area contributed by atoms with Crippen molar-refractivity contribution in [3.8, 4) is 0 Å². The minimum Gasteiger partial charge on any atom is -0.478 e. The zero-order valence-electron chi connectivity index (χ0n) is 17.7. The monoisotopic (exact) mass is 458 g/mol. The third kappa shape index (κ3) is 5.26. The minimum absolute atomic E-state index is 0.116. The lowest BCUT2D eigenvalue weighted by atomic mass is 10.1. The molecule has 0 unspecified atom stereocenters. The zero-order valence-corrected chi connectivity index (χ0v) is 18.5. The highest BCUT2D eigenvalue weighted by atomic mass is 32.1. The van der Waals surface area contributed by atoms with Gasteiger partial charge in [0.1, 0.15) is 0 Å². The van der Waals surface area contributed by atoms with Gasteiger partial charge in [-0.15, -0.1) is 11.3 Å². The summed E-state index contributed by atoms with van der Waals surface area (Å²) < 4.78 is 5.31. The summed E-state index contributed by atoms with van der Waals surface area (Å²) in [5, 5.41) is 14.1. The van der Waals surface area contributed by atoms with Crippen LogP contribution in [-0.4, -0.2) is 91.7 Å². The van der Waals surface area contributed by atoms with Crippen molar-refractivity contribution >= 4 is 40.5 Å². The van der Waals surface area contributed by atoms with Crippen molar-refractivity contribution in [2.24, 2.45) is 0 Å². The number of amides is 2. The van der Waals surface area contributed by atoms with Crippen LogP contribution in [-0.2, 0) is 9.53 Å². The number of aromatic carboxylic acids is 1. The third-order valence-corrected chi connectivity index (χ3v) is 6.54. The number of morpholine rings is 1. The summed E-state index contributed by atoms with van der Waals surface area (Å²) in [5.41, 5.74) is 1.37. The van der Waals surface area contributed by atoms with E-state index in [1.165, 1.54) is 17.4 Å². The number of carbonyl (C=O) groups excluding carboxylic acids is 2. The number of nitrogens with one attached hydrogen (secondary N) is 1. The zero-order chi connectivity index (χ0) is 22.5. The number of ether oxygens (including phenoxy) is 1. The molecule has 10 heteroatoms. The Morgan fingerprint density at radius 3 is 2.44 bits per heavy atom. The molecule has 0 radical (unpaired) electrons. The summed E-state index contributed by atoms with van der Waals surface area (Å²) in [6.07, 6.45) is 0. The Labute approximate surface area is 190 Å². The molecule has 32 heavy (non-hydrogen) atoms. The topological polar surface area (TPSA) is 102 Å². The summed E-state index contributed by atoms with van der Waals surface area (Å²) in [4.78, 5) is 43.2. The summed E-state index contributed by atoms with van der Waals surface area (Å²) >= 11 is 1.33. The van der Waals surface area contributed by atoms with Crippen molar-refractivity contribution in [1.82, 2.24) is 9.80 Å². The van der Waals surface area contributed by atoms with Crippen molar-refractivity contribution < 1.29 is 24.2 Å². The van der Waals surface area contributed by atoms with Gasteiger partial charge in [0.25, 0.3) is 5.91 Å². The van der Waals surface area contributed by atoms with Crippen molar-refractivity contribution in [2.45, 2.75) is 0 Å². The molecule has 4 rings (SSSR count). The normalized spacial score (nSPS) is 17.2. The molecule has 2 fully saturated rings. The summed E-state index contributed by atoms with van der Waals surface area (Å²) in [7, 11) is 0. The second-order valence-corrected chi connectivity index (χ2v) is 8.67. The maximum absolute atomic E-state index is 12.6. The van der Waals surface area contributed by atoms with Gasteiger partial charge in [0.2, 0.25) is 5.91 Å². The van der Waals surface area contributed by atoms with E-state index in [0.717, 1.165) is 5.69 Å². The Hall–Kier alpha value is -2.95. The number of piperazine rings is 1. The minimum atomic E-state index is -1.05. The van der Waals surface area contributed by atoms with Crippen LogP contribution in [0.1, 0.15) is 20.0 Å². The molecular formula is C22H26N4O5S. The predicted octanol–water partition coefficient (Wildman–Crippen LogP) is 1.68. The lowest BCUT2D eigenvalue weighted by Crippen LogP contribution is -2.51. The van der Waals surface area contributed by atoms with E-state index in [1.807, 2.05) is 10.3 Å². The van der Waals surface area contributed by atoms with Crippen LogP contribution in [0.2, 0.25) is 0 Å². The van der Waals surface area contributed by atoms with E-state index in [2.05, 4.69) is 15.1 Å². The van der Waals surface area contributed by atoms with Gasteiger partial charge in [-0.25, -0.2) is 4.79 Å². The molecule has 170 valence electrons. The number of anilines is 2. The van der Waals surface area contributed by atoms with Crippen LogP contribution in [0.3, 0.4) is 0 Å². The van der Waals surface area contributed by atoms with Gasteiger partial charge in [0, 0.05) is 39.3 Å². The van der Waals surface area contributed by atoms with Gasteiger partial charge < -0.3 is 25.0 Å². The smallest absolute Gasteiger partial charge is 0.335 e. The molecule has 0 saturated carbocycles. The van der Waals surface area contributed by atoms with E-state index >= 15 is 0 Å². The fourth-order valence-electron chi connectivity index (χ4n) is 3.89.